The van der Waals surface area contributed by atoms with Gasteiger partial charge in [-0.15, -0.1) is 0 Å². The Morgan fingerprint density at radius 2 is 1.93 bits per heavy atom. The van der Waals surface area contributed by atoms with Crippen molar-refractivity contribution >= 4 is 5.97 Å². The van der Waals surface area contributed by atoms with Crippen LogP contribution in [0.1, 0.15) is 26.7 Å². The van der Waals surface area contributed by atoms with Crippen LogP contribution >= 0.6 is 0 Å². The predicted octanol–water partition coefficient (Wildman–Crippen LogP) is 1.21. The van der Waals surface area contributed by atoms with Gasteiger partial charge in [-0.2, -0.15) is 0 Å². The van der Waals surface area contributed by atoms with Gasteiger partial charge in [0.05, 0.1) is 5.92 Å². The number of rotatable bonds is 4. The number of nitrogens with zero attached hydrogens (tertiary/aromatic N) is 1. The lowest BCUT2D eigenvalue weighted by atomic mass is 9.98. The monoisotopic (exact) mass is 215 g/mol. The molecule has 1 aliphatic rings. The molecule has 1 heterocycles. The Hall–Kier alpha value is -0.610. The molecule has 0 saturated carbocycles. The van der Waals surface area contributed by atoms with Crippen molar-refractivity contribution in [3.8, 4) is 0 Å². The highest BCUT2D eigenvalue weighted by Gasteiger charge is 2.28. The van der Waals surface area contributed by atoms with Gasteiger partial charge in [-0.1, -0.05) is 6.92 Å². The lowest BCUT2D eigenvalue weighted by molar-refractivity contribution is -0.143. The Balaban J connectivity index is 2.50. The van der Waals surface area contributed by atoms with Crippen molar-refractivity contribution < 1.29 is 14.6 Å². The topological polar surface area (TPSA) is 49.8 Å². The summed E-state index contributed by atoms with van der Waals surface area (Å²) in [4.78, 5) is 13.1. The van der Waals surface area contributed by atoms with Crippen LogP contribution in [-0.4, -0.2) is 48.3 Å². The van der Waals surface area contributed by atoms with Gasteiger partial charge in [-0.25, -0.2) is 0 Å². The molecule has 0 aliphatic carbocycles. The predicted molar refractivity (Wildman–Crippen MR) is 57.9 cm³/mol. The van der Waals surface area contributed by atoms with Crippen LogP contribution in [-0.2, 0) is 9.53 Å². The second-order valence-corrected chi connectivity index (χ2v) is 4.38. The fraction of sp³-hybridized carbons (Fsp3) is 0.909. The Kier molecular flexibility index (Phi) is 4.54. The van der Waals surface area contributed by atoms with E-state index in [2.05, 4.69) is 4.90 Å². The van der Waals surface area contributed by atoms with Crippen molar-refractivity contribution in [2.24, 2.45) is 5.92 Å². The zero-order valence-electron chi connectivity index (χ0n) is 9.77. The zero-order chi connectivity index (χ0) is 11.4. The quantitative estimate of drug-likeness (QED) is 0.765. The van der Waals surface area contributed by atoms with Crippen LogP contribution in [0.15, 0.2) is 0 Å². The van der Waals surface area contributed by atoms with Crippen molar-refractivity contribution in [1.29, 1.82) is 0 Å². The molecule has 0 radical (unpaired) electrons. The third-order valence-electron chi connectivity index (χ3n) is 3.52. The molecule has 4 nitrogen and oxygen atoms in total. The lowest BCUT2D eigenvalue weighted by Gasteiger charge is -2.37. The fourth-order valence-electron chi connectivity index (χ4n) is 1.98. The van der Waals surface area contributed by atoms with E-state index in [1.54, 1.807) is 6.92 Å². The summed E-state index contributed by atoms with van der Waals surface area (Å²) < 4.78 is 5.29. The maximum absolute atomic E-state index is 10.9. The smallest absolute Gasteiger partial charge is 0.307 e. The summed E-state index contributed by atoms with van der Waals surface area (Å²) in [5.41, 5.74) is 0. The summed E-state index contributed by atoms with van der Waals surface area (Å²) in [5.74, 6) is -1.04. The van der Waals surface area contributed by atoms with E-state index in [1.165, 1.54) is 0 Å². The average Bonchev–Trinajstić information content (AvgIpc) is 2.27. The molecule has 0 amide bonds. The molecule has 0 bridgehead atoms. The first kappa shape index (κ1) is 12.5. The molecule has 15 heavy (non-hydrogen) atoms. The second-order valence-electron chi connectivity index (χ2n) is 4.38. The summed E-state index contributed by atoms with van der Waals surface area (Å²) in [6.07, 6.45) is 2.01. The Morgan fingerprint density at radius 1 is 1.40 bits per heavy atom. The minimum Gasteiger partial charge on any atom is -0.481 e. The molecule has 2 atom stereocenters. The van der Waals surface area contributed by atoms with Crippen molar-refractivity contribution in [2.45, 2.75) is 38.8 Å². The molecule has 4 heteroatoms. The van der Waals surface area contributed by atoms with Gasteiger partial charge >= 0.3 is 5.97 Å². The van der Waals surface area contributed by atoms with E-state index in [4.69, 9.17) is 9.84 Å². The maximum atomic E-state index is 10.9. The van der Waals surface area contributed by atoms with E-state index in [0.717, 1.165) is 26.1 Å². The summed E-state index contributed by atoms with van der Waals surface area (Å²) in [7, 11) is 2.01. The first-order valence-electron chi connectivity index (χ1n) is 5.56. The number of ether oxygens (including phenoxy) is 1. The van der Waals surface area contributed by atoms with E-state index in [9.17, 15) is 4.79 Å². The van der Waals surface area contributed by atoms with Gasteiger partial charge in [-0.05, 0) is 26.8 Å². The van der Waals surface area contributed by atoms with Crippen molar-refractivity contribution in [3.05, 3.63) is 0 Å². The number of carbonyl (C=O) groups is 1. The second kappa shape index (κ2) is 5.47. The third-order valence-corrected chi connectivity index (χ3v) is 3.52. The number of carboxylic acid groups (broad SMARTS) is 1. The zero-order valence-corrected chi connectivity index (χ0v) is 9.77. The third kappa shape index (κ3) is 3.18. The van der Waals surface area contributed by atoms with Gasteiger partial charge in [0.2, 0.25) is 0 Å². The van der Waals surface area contributed by atoms with Gasteiger partial charge in [0.25, 0.3) is 0 Å². The highest BCUT2D eigenvalue weighted by Crippen LogP contribution is 2.19. The SMILES string of the molecule is CC(C(=O)O)C(C)N(C)C1CCOCC1. The summed E-state index contributed by atoms with van der Waals surface area (Å²) in [5, 5.41) is 8.95. The Labute approximate surface area is 91.2 Å². The first-order valence-corrected chi connectivity index (χ1v) is 5.56. The molecule has 1 aliphatic heterocycles. The lowest BCUT2D eigenvalue weighted by Crippen LogP contribution is -2.46. The maximum Gasteiger partial charge on any atom is 0.307 e. The van der Waals surface area contributed by atoms with E-state index in [0.29, 0.717) is 6.04 Å². The van der Waals surface area contributed by atoms with Gasteiger partial charge in [-0.3, -0.25) is 9.69 Å². The highest BCUT2D eigenvalue weighted by molar-refractivity contribution is 5.70. The van der Waals surface area contributed by atoms with E-state index in [1.807, 2.05) is 14.0 Å². The first-order chi connectivity index (χ1) is 7.04. The number of hydrogen-bond donors (Lipinski definition) is 1. The van der Waals surface area contributed by atoms with Gasteiger partial charge < -0.3 is 9.84 Å². The van der Waals surface area contributed by atoms with E-state index >= 15 is 0 Å². The molecule has 1 N–H and O–H groups in total. The van der Waals surface area contributed by atoms with Gasteiger partial charge in [0.1, 0.15) is 0 Å². The van der Waals surface area contributed by atoms with Crippen LogP contribution < -0.4 is 0 Å². The van der Waals surface area contributed by atoms with Crippen molar-refractivity contribution in [2.75, 3.05) is 20.3 Å². The molecule has 1 fully saturated rings. The molecule has 0 aromatic rings. The van der Waals surface area contributed by atoms with Crippen LogP contribution in [0.2, 0.25) is 0 Å². The van der Waals surface area contributed by atoms with Crippen LogP contribution in [0.25, 0.3) is 0 Å². The molecule has 0 aromatic heterocycles. The average molecular weight is 215 g/mol. The molecular formula is C11H21NO3. The summed E-state index contributed by atoms with van der Waals surface area (Å²) in [6, 6.07) is 0.543. The van der Waals surface area contributed by atoms with Crippen LogP contribution in [0.5, 0.6) is 0 Å². The van der Waals surface area contributed by atoms with Crippen LogP contribution in [0.3, 0.4) is 0 Å². The molecular weight excluding hydrogens is 194 g/mol. The largest absolute Gasteiger partial charge is 0.481 e. The molecule has 0 aromatic carbocycles. The summed E-state index contributed by atoms with van der Waals surface area (Å²) >= 11 is 0. The number of hydrogen-bond acceptors (Lipinski definition) is 3. The molecule has 1 saturated heterocycles. The minimum absolute atomic E-state index is 0.0746. The minimum atomic E-state index is -0.721. The molecule has 0 spiro atoms. The van der Waals surface area contributed by atoms with Crippen molar-refractivity contribution in [3.63, 3.8) is 0 Å². The van der Waals surface area contributed by atoms with Gasteiger partial charge in [0.15, 0.2) is 0 Å². The molecule has 88 valence electrons. The van der Waals surface area contributed by atoms with Crippen molar-refractivity contribution in [1.82, 2.24) is 4.90 Å². The van der Waals surface area contributed by atoms with Gasteiger partial charge in [0, 0.05) is 25.3 Å². The van der Waals surface area contributed by atoms with Crippen LogP contribution in [0, 0.1) is 5.92 Å². The molecule has 1 rings (SSSR count). The number of aliphatic carboxylic acids is 1. The van der Waals surface area contributed by atoms with E-state index < -0.39 is 5.97 Å². The van der Waals surface area contributed by atoms with E-state index in [-0.39, 0.29) is 12.0 Å². The summed E-state index contributed by atoms with van der Waals surface area (Å²) in [6.45, 7) is 5.34. The normalized spacial score (nSPS) is 22.7. The molecule has 2 unspecified atom stereocenters. The number of carboxylic acids is 1. The Morgan fingerprint density at radius 3 is 2.40 bits per heavy atom. The highest BCUT2D eigenvalue weighted by atomic mass is 16.5. The fourth-order valence-corrected chi connectivity index (χ4v) is 1.98. The van der Waals surface area contributed by atoms with Crippen LogP contribution in [0.4, 0.5) is 0 Å². The Bertz CT molecular complexity index is 214. The standard InChI is InChI=1S/C11H21NO3/c1-8(11(13)14)9(2)12(3)10-4-6-15-7-5-10/h8-10H,4-7H2,1-3H3,(H,13,14).